The summed E-state index contributed by atoms with van der Waals surface area (Å²) in [5, 5.41) is 3.01. The number of rotatable bonds is 0. The Morgan fingerprint density at radius 1 is 1.19 bits per heavy atom. The lowest BCUT2D eigenvalue weighted by molar-refractivity contribution is -0.117. The number of anilines is 2. The molecule has 1 saturated heterocycles. The highest BCUT2D eigenvalue weighted by molar-refractivity contribution is 6.03. The standard InChI is InChI=1S/C13H16N2O/c16-13-12-8-2-1-5-9-15(12)11-7-4-3-6-10(11)14-13/h3-4,6-7,12H,1-2,5,8-9H2,(H,14,16). The summed E-state index contributed by atoms with van der Waals surface area (Å²) in [6, 6.07) is 8.15. The predicted molar refractivity (Wildman–Crippen MR) is 64.7 cm³/mol. The number of fused-ring (bicyclic) bond motifs is 3. The third-order valence-electron chi connectivity index (χ3n) is 3.53. The maximum Gasteiger partial charge on any atom is 0.247 e. The second-order valence-corrected chi connectivity index (χ2v) is 4.56. The van der Waals surface area contributed by atoms with Gasteiger partial charge in [-0.15, -0.1) is 0 Å². The molecule has 1 aromatic carbocycles. The lowest BCUT2D eigenvalue weighted by Crippen LogP contribution is -2.47. The molecule has 2 heterocycles. The summed E-state index contributed by atoms with van der Waals surface area (Å²) in [7, 11) is 0. The Hall–Kier alpha value is -1.51. The molecule has 1 aromatic rings. The number of nitrogens with zero attached hydrogens (tertiary/aromatic N) is 1. The quantitative estimate of drug-likeness (QED) is 0.722. The van der Waals surface area contributed by atoms with Gasteiger partial charge in [0, 0.05) is 6.54 Å². The molecule has 1 amide bonds. The van der Waals surface area contributed by atoms with E-state index < -0.39 is 0 Å². The molecule has 0 saturated carbocycles. The van der Waals surface area contributed by atoms with Crippen molar-refractivity contribution in [2.75, 3.05) is 16.8 Å². The van der Waals surface area contributed by atoms with E-state index in [9.17, 15) is 4.79 Å². The predicted octanol–water partition coefficient (Wildman–Crippen LogP) is 2.39. The molecule has 3 nitrogen and oxygen atoms in total. The fourth-order valence-electron chi connectivity index (χ4n) is 2.72. The van der Waals surface area contributed by atoms with Gasteiger partial charge in [-0.1, -0.05) is 25.0 Å². The topological polar surface area (TPSA) is 32.3 Å². The van der Waals surface area contributed by atoms with Crippen LogP contribution in [0.25, 0.3) is 0 Å². The first-order valence-corrected chi connectivity index (χ1v) is 6.03. The number of amides is 1. The molecular weight excluding hydrogens is 200 g/mol. The Labute approximate surface area is 95.4 Å². The second-order valence-electron chi connectivity index (χ2n) is 4.56. The van der Waals surface area contributed by atoms with Gasteiger partial charge >= 0.3 is 0 Å². The number of hydrogen-bond acceptors (Lipinski definition) is 2. The molecule has 2 aliphatic heterocycles. The van der Waals surface area contributed by atoms with E-state index >= 15 is 0 Å². The van der Waals surface area contributed by atoms with Gasteiger partial charge in [-0.3, -0.25) is 4.79 Å². The van der Waals surface area contributed by atoms with Gasteiger partial charge in [0.1, 0.15) is 6.04 Å². The van der Waals surface area contributed by atoms with Crippen LogP contribution in [0.15, 0.2) is 24.3 Å². The van der Waals surface area contributed by atoms with Crippen LogP contribution < -0.4 is 10.2 Å². The van der Waals surface area contributed by atoms with Crippen molar-refractivity contribution >= 4 is 17.3 Å². The van der Waals surface area contributed by atoms with Crippen LogP contribution in [0.2, 0.25) is 0 Å². The molecule has 16 heavy (non-hydrogen) atoms. The average Bonchev–Trinajstić information content (AvgIpc) is 2.55. The largest absolute Gasteiger partial charge is 0.358 e. The molecule has 3 heteroatoms. The molecular formula is C13H16N2O. The third kappa shape index (κ3) is 1.47. The third-order valence-corrected chi connectivity index (χ3v) is 3.53. The van der Waals surface area contributed by atoms with Crippen molar-refractivity contribution in [1.29, 1.82) is 0 Å². The number of carbonyl (C=O) groups is 1. The molecule has 0 aromatic heterocycles. The molecule has 84 valence electrons. The zero-order chi connectivity index (χ0) is 11.0. The van der Waals surface area contributed by atoms with Gasteiger partial charge < -0.3 is 10.2 Å². The van der Waals surface area contributed by atoms with E-state index in [1.165, 1.54) is 18.5 Å². The van der Waals surface area contributed by atoms with Crippen molar-refractivity contribution in [3.05, 3.63) is 24.3 Å². The van der Waals surface area contributed by atoms with Gasteiger partial charge in [0.25, 0.3) is 0 Å². The molecule has 0 bridgehead atoms. The Morgan fingerprint density at radius 3 is 3.00 bits per heavy atom. The number of nitrogens with one attached hydrogen (secondary N) is 1. The van der Waals surface area contributed by atoms with E-state index in [4.69, 9.17) is 0 Å². The first-order valence-electron chi connectivity index (χ1n) is 6.03. The average molecular weight is 216 g/mol. The van der Waals surface area contributed by atoms with E-state index in [2.05, 4.69) is 16.3 Å². The van der Waals surface area contributed by atoms with Crippen LogP contribution >= 0.6 is 0 Å². The number of benzene rings is 1. The van der Waals surface area contributed by atoms with Gasteiger partial charge in [-0.2, -0.15) is 0 Å². The van der Waals surface area contributed by atoms with Crippen molar-refractivity contribution in [1.82, 2.24) is 0 Å². The van der Waals surface area contributed by atoms with Crippen LogP contribution in [0.3, 0.4) is 0 Å². The normalized spacial score (nSPS) is 24.1. The van der Waals surface area contributed by atoms with Gasteiger partial charge in [0.05, 0.1) is 11.4 Å². The Balaban J connectivity index is 2.03. The van der Waals surface area contributed by atoms with Crippen LogP contribution in [0, 0.1) is 0 Å². The number of hydrogen-bond donors (Lipinski definition) is 1. The highest BCUT2D eigenvalue weighted by Gasteiger charge is 2.32. The highest BCUT2D eigenvalue weighted by Crippen LogP contribution is 2.34. The summed E-state index contributed by atoms with van der Waals surface area (Å²) >= 11 is 0. The van der Waals surface area contributed by atoms with Crippen LogP contribution in [0.5, 0.6) is 0 Å². The van der Waals surface area contributed by atoms with E-state index in [1.807, 2.05) is 18.2 Å². The molecule has 1 fully saturated rings. The van der Waals surface area contributed by atoms with Crippen LogP contribution in [0.1, 0.15) is 25.7 Å². The van der Waals surface area contributed by atoms with E-state index in [0.717, 1.165) is 25.1 Å². The van der Waals surface area contributed by atoms with Crippen molar-refractivity contribution in [2.24, 2.45) is 0 Å². The monoisotopic (exact) mass is 216 g/mol. The van der Waals surface area contributed by atoms with Crippen molar-refractivity contribution < 1.29 is 4.79 Å². The second kappa shape index (κ2) is 3.81. The molecule has 0 spiro atoms. The maximum atomic E-state index is 12.0. The lowest BCUT2D eigenvalue weighted by atomic mass is 10.0. The minimum absolute atomic E-state index is 0.0531. The first-order chi connectivity index (χ1) is 7.86. The first kappa shape index (κ1) is 9.70. The number of carbonyl (C=O) groups excluding carboxylic acids is 1. The van der Waals surface area contributed by atoms with Crippen LogP contribution in [0.4, 0.5) is 11.4 Å². The fourth-order valence-corrected chi connectivity index (χ4v) is 2.72. The van der Waals surface area contributed by atoms with Crippen LogP contribution in [-0.4, -0.2) is 18.5 Å². The molecule has 1 atom stereocenters. The minimum atomic E-state index is 0.0531. The maximum absolute atomic E-state index is 12.0. The van der Waals surface area contributed by atoms with E-state index in [-0.39, 0.29) is 11.9 Å². The zero-order valence-electron chi connectivity index (χ0n) is 9.28. The summed E-state index contributed by atoms with van der Waals surface area (Å²) in [4.78, 5) is 14.3. The summed E-state index contributed by atoms with van der Waals surface area (Å²) in [6.45, 7) is 1.01. The van der Waals surface area contributed by atoms with Crippen LogP contribution in [-0.2, 0) is 4.79 Å². The summed E-state index contributed by atoms with van der Waals surface area (Å²) in [5.41, 5.74) is 2.15. The molecule has 1 N–H and O–H groups in total. The molecule has 0 aliphatic carbocycles. The van der Waals surface area contributed by atoms with Crippen molar-refractivity contribution in [3.63, 3.8) is 0 Å². The Morgan fingerprint density at radius 2 is 2.06 bits per heavy atom. The SMILES string of the molecule is O=C1Nc2ccccc2N2CCCCCC12. The molecule has 0 radical (unpaired) electrons. The van der Waals surface area contributed by atoms with E-state index in [1.54, 1.807) is 0 Å². The van der Waals surface area contributed by atoms with Gasteiger partial charge in [-0.25, -0.2) is 0 Å². The Bertz CT molecular complexity index is 416. The van der Waals surface area contributed by atoms with E-state index in [0.29, 0.717) is 0 Å². The zero-order valence-corrected chi connectivity index (χ0v) is 9.28. The highest BCUT2D eigenvalue weighted by atomic mass is 16.2. The Kier molecular flexibility index (Phi) is 2.31. The number of para-hydroxylation sites is 2. The molecule has 2 aliphatic rings. The van der Waals surface area contributed by atoms with Crippen molar-refractivity contribution in [3.8, 4) is 0 Å². The summed E-state index contributed by atoms with van der Waals surface area (Å²) < 4.78 is 0. The van der Waals surface area contributed by atoms with Crippen molar-refractivity contribution in [2.45, 2.75) is 31.7 Å². The fraction of sp³-hybridized carbons (Fsp3) is 0.462. The smallest absolute Gasteiger partial charge is 0.247 e. The summed E-state index contributed by atoms with van der Waals surface area (Å²) in [5.74, 6) is 0.167. The van der Waals surface area contributed by atoms with Gasteiger partial charge in [0.2, 0.25) is 5.91 Å². The lowest BCUT2D eigenvalue weighted by Gasteiger charge is -2.36. The van der Waals surface area contributed by atoms with Gasteiger partial charge in [0.15, 0.2) is 0 Å². The molecule has 1 unspecified atom stereocenters. The van der Waals surface area contributed by atoms with Gasteiger partial charge in [-0.05, 0) is 25.0 Å². The minimum Gasteiger partial charge on any atom is -0.358 e. The summed E-state index contributed by atoms with van der Waals surface area (Å²) in [6.07, 6.45) is 4.58. The molecule has 3 rings (SSSR count).